The van der Waals surface area contributed by atoms with Crippen LogP contribution in [-0.4, -0.2) is 22.2 Å². The standard InChI is InChI=1S/C3H4O4.Hg/c4-2(5)1-3(6)7;/h1H2,(H,4,5)(H,6,7);. The first-order chi connectivity index (χ1) is 3.13. The maximum atomic E-state index is 9.43. The molecule has 8 heavy (non-hydrogen) atoms. The van der Waals surface area contributed by atoms with Crippen molar-refractivity contribution < 1.29 is 47.5 Å². The monoisotopic (exact) mass is 306 g/mol. The first-order valence-electron chi connectivity index (χ1n) is 1.56. The van der Waals surface area contributed by atoms with E-state index in [0.29, 0.717) is 0 Å². The van der Waals surface area contributed by atoms with Gasteiger partial charge in [0.05, 0.1) is 0 Å². The zero-order valence-electron chi connectivity index (χ0n) is 4.13. The molecule has 0 aromatic rings. The number of carboxylic acids is 2. The Morgan fingerprint density at radius 1 is 1.12 bits per heavy atom. The molecule has 5 heteroatoms. The maximum absolute atomic E-state index is 9.43. The minimum atomic E-state index is -1.31. The van der Waals surface area contributed by atoms with Crippen LogP contribution in [0.5, 0.6) is 0 Å². The fourth-order valence-corrected chi connectivity index (χ4v) is 0.129. The molecule has 0 atom stereocenters. The molecule has 0 aromatic carbocycles. The van der Waals surface area contributed by atoms with Crippen LogP contribution in [0.4, 0.5) is 0 Å². The SMILES string of the molecule is O=C(O)CC(=O)O.[Hg]. The van der Waals surface area contributed by atoms with Crippen LogP contribution in [0.1, 0.15) is 6.42 Å². The summed E-state index contributed by atoms with van der Waals surface area (Å²) in [4.78, 5) is 18.9. The number of carboxylic acid groups (broad SMARTS) is 2. The van der Waals surface area contributed by atoms with E-state index in [-0.39, 0.29) is 27.7 Å². The van der Waals surface area contributed by atoms with Gasteiger partial charge < -0.3 is 10.2 Å². The Morgan fingerprint density at radius 2 is 1.38 bits per heavy atom. The Morgan fingerprint density at radius 3 is 1.38 bits per heavy atom. The van der Waals surface area contributed by atoms with Gasteiger partial charge in [-0.3, -0.25) is 9.59 Å². The summed E-state index contributed by atoms with van der Waals surface area (Å²) >= 11 is 0. The van der Waals surface area contributed by atoms with Crippen LogP contribution < -0.4 is 0 Å². The van der Waals surface area contributed by atoms with Crippen molar-refractivity contribution in [1.82, 2.24) is 0 Å². The third kappa shape index (κ3) is 9.30. The zero-order chi connectivity index (χ0) is 5.86. The van der Waals surface area contributed by atoms with Gasteiger partial charge in [-0.25, -0.2) is 0 Å². The third-order valence-corrected chi connectivity index (χ3v) is 0.302. The first kappa shape index (κ1) is 10.8. The molecule has 0 aliphatic carbocycles. The van der Waals surface area contributed by atoms with Crippen molar-refractivity contribution in [3.05, 3.63) is 0 Å². The summed E-state index contributed by atoms with van der Waals surface area (Å²) < 4.78 is 0. The van der Waals surface area contributed by atoms with Gasteiger partial charge in [-0.1, -0.05) is 0 Å². The van der Waals surface area contributed by atoms with Gasteiger partial charge in [-0.2, -0.15) is 0 Å². The van der Waals surface area contributed by atoms with E-state index in [2.05, 4.69) is 0 Å². The van der Waals surface area contributed by atoms with Gasteiger partial charge in [-0.15, -0.1) is 0 Å². The van der Waals surface area contributed by atoms with E-state index in [9.17, 15) is 9.59 Å². The van der Waals surface area contributed by atoms with E-state index < -0.39 is 18.4 Å². The normalized spacial score (nSPS) is 7.00. The fourth-order valence-electron chi connectivity index (χ4n) is 0.129. The van der Waals surface area contributed by atoms with E-state index in [1.807, 2.05) is 0 Å². The van der Waals surface area contributed by atoms with Crippen molar-refractivity contribution in [2.45, 2.75) is 6.42 Å². The first-order valence-corrected chi connectivity index (χ1v) is 1.56. The van der Waals surface area contributed by atoms with E-state index in [1.54, 1.807) is 0 Å². The summed E-state index contributed by atoms with van der Waals surface area (Å²) in [5.74, 6) is -2.62. The molecule has 0 spiro atoms. The Bertz CT molecular complexity index is 87.5. The molecule has 0 heterocycles. The largest absolute Gasteiger partial charge is 0.481 e. The molecular formula is C3H4HgO4. The van der Waals surface area contributed by atoms with Gasteiger partial charge in [0, 0.05) is 27.7 Å². The van der Waals surface area contributed by atoms with Gasteiger partial charge in [0.25, 0.3) is 0 Å². The molecule has 0 saturated heterocycles. The smallest absolute Gasteiger partial charge is 0.314 e. The van der Waals surface area contributed by atoms with Crippen molar-refractivity contribution in [2.24, 2.45) is 0 Å². The predicted octanol–water partition coefficient (Wildman–Crippen LogP) is -0.457. The van der Waals surface area contributed by atoms with E-state index in [4.69, 9.17) is 10.2 Å². The van der Waals surface area contributed by atoms with Crippen LogP contribution in [0.2, 0.25) is 0 Å². The van der Waals surface area contributed by atoms with Crippen LogP contribution in [0.25, 0.3) is 0 Å². The van der Waals surface area contributed by atoms with Crippen molar-refractivity contribution in [3.8, 4) is 0 Å². The van der Waals surface area contributed by atoms with Gasteiger partial charge in [-0.05, 0) is 0 Å². The van der Waals surface area contributed by atoms with Gasteiger partial charge in [0.15, 0.2) is 0 Å². The summed E-state index contributed by atoms with van der Waals surface area (Å²) in [7, 11) is 0. The maximum Gasteiger partial charge on any atom is 0.314 e. The molecule has 42 valence electrons. The fraction of sp³-hybridized carbons (Fsp3) is 0.333. The van der Waals surface area contributed by atoms with Crippen molar-refractivity contribution >= 4 is 11.9 Å². The van der Waals surface area contributed by atoms with Crippen molar-refractivity contribution in [2.75, 3.05) is 0 Å². The topological polar surface area (TPSA) is 74.6 Å². The molecule has 0 saturated carbocycles. The van der Waals surface area contributed by atoms with Crippen molar-refractivity contribution in [3.63, 3.8) is 0 Å². The van der Waals surface area contributed by atoms with E-state index >= 15 is 0 Å². The molecule has 0 aliphatic rings. The average Bonchev–Trinajstić information content (AvgIpc) is 1.27. The number of carbonyl (C=O) groups is 2. The van der Waals surface area contributed by atoms with Crippen LogP contribution in [-0.2, 0) is 37.3 Å². The number of hydrogen-bond acceptors (Lipinski definition) is 2. The second kappa shape index (κ2) is 5.02. The van der Waals surface area contributed by atoms with Crippen LogP contribution in [0.3, 0.4) is 0 Å². The molecule has 0 aliphatic heterocycles. The Balaban J connectivity index is 0. The second-order valence-electron chi connectivity index (χ2n) is 0.964. The predicted molar refractivity (Wildman–Crippen MR) is 19.9 cm³/mol. The van der Waals surface area contributed by atoms with Crippen molar-refractivity contribution in [1.29, 1.82) is 0 Å². The molecular weight excluding hydrogens is 301 g/mol. The quantitative estimate of drug-likeness (QED) is 0.535. The minimum Gasteiger partial charge on any atom is -0.481 e. The minimum absolute atomic E-state index is 0. The summed E-state index contributed by atoms with van der Waals surface area (Å²) in [5, 5.41) is 15.4. The number of aliphatic carboxylic acids is 2. The molecule has 0 aromatic heterocycles. The van der Waals surface area contributed by atoms with E-state index in [0.717, 1.165) is 0 Å². The molecule has 0 radical (unpaired) electrons. The molecule has 0 rings (SSSR count). The summed E-state index contributed by atoms with van der Waals surface area (Å²) in [6, 6.07) is 0. The molecule has 0 fully saturated rings. The third-order valence-electron chi connectivity index (χ3n) is 0.302. The molecule has 2 N–H and O–H groups in total. The van der Waals surface area contributed by atoms with Gasteiger partial charge in [0.1, 0.15) is 6.42 Å². The summed E-state index contributed by atoms with van der Waals surface area (Å²) in [5.41, 5.74) is 0. The summed E-state index contributed by atoms with van der Waals surface area (Å²) in [6.45, 7) is 0. The summed E-state index contributed by atoms with van der Waals surface area (Å²) in [6.07, 6.45) is -0.806. The number of rotatable bonds is 2. The van der Waals surface area contributed by atoms with Crippen LogP contribution >= 0.6 is 0 Å². The van der Waals surface area contributed by atoms with Crippen LogP contribution in [0.15, 0.2) is 0 Å². The van der Waals surface area contributed by atoms with Gasteiger partial charge in [0.2, 0.25) is 0 Å². The van der Waals surface area contributed by atoms with E-state index in [1.165, 1.54) is 0 Å². The van der Waals surface area contributed by atoms with Crippen LogP contribution in [0, 0.1) is 0 Å². The average molecular weight is 305 g/mol. The van der Waals surface area contributed by atoms with Gasteiger partial charge >= 0.3 is 11.9 Å². The molecule has 0 bridgehead atoms. The Kier molecular flexibility index (Phi) is 6.77. The molecule has 0 amide bonds. The molecule has 0 unspecified atom stereocenters. The number of hydrogen-bond donors (Lipinski definition) is 2. The second-order valence-corrected chi connectivity index (χ2v) is 0.964. The Hall–Kier alpha value is -0.125. The zero-order valence-corrected chi connectivity index (χ0v) is 9.62. The molecule has 4 nitrogen and oxygen atoms in total. The Labute approximate surface area is 66.0 Å².